The van der Waals surface area contributed by atoms with E-state index < -0.39 is 18.2 Å². The third-order valence-corrected chi connectivity index (χ3v) is 13.0. The minimum absolute atomic E-state index is 0.0673. The largest absolute Gasteiger partial charge is 0.462 e. The molecule has 0 fully saturated rings. The van der Waals surface area contributed by atoms with Crippen LogP contribution in [0.25, 0.3) is 0 Å². The molecule has 376 valence electrons. The summed E-state index contributed by atoms with van der Waals surface area (Å²) in [6, 6.07) is -0.706. The van der Waals surface area contributed by atoms with Crippen molar-refractivity contribution in [1.82, 2.24) is 5.32 Å². The molecule has 0 aromatic rings. The second-order valence-corrected chi connectivity index (χ2v) is 19.3. The minimum Gasteiger partial charge on any atom is -0.462 e. The number of aliphatic hydroxyl groups excluding tert-OH is 2. The fourth-order valence-corrected chi connectivity index (χ4v) is 8.70. The first-order chi connectivity index (χ1) is 31.5. The van der Waals surface area contributed by atoms with Crippen molar-refractivity contribution in [3.05, 3.63) is 36.5 Å². The Kier molecular flexibility index (Phi) is 50.5. The first kappa shape index (κ1) is 62.1. The van der Waals surface area contributed by atoms with Gasteiger partial charge in [-0.05, 0) is 77.0 Å². The van der Waals surface area contributed by atoms with E-state index in [4.69, 9.17) is 4.74 Å². The van der Waals surface area contributed by atoms with Crippen LogP contribution in [0, 0.1) is 0 Å². The summed E-state index contributed by atoms with van der Waals surface area (Å²) in [7, 11) is 0. The molecule has 0 saturated heterocycles. The second kappa shape index (κ2) is 52.1. The number of unbranched alkanes of at least 4 members (excludes halogenated alkanes) is 33. The number of aliphatic hydroxyl groups is 2. The van der Waals surface area contributed by atoms with Gasteiger partial charge in [0.2, 0.25) is 5.91 Å². The number of ether oxygens (including phenoxy) is 1. The molecule has 6 nitrogen and oxygen atoms in total. The van der Waals surface area contributed by atoms with Crippen LogP contribution in [-0.2, 0) is 14.3 Å². The standard InChI is InChI=1S/C58H109NO5/c1-4-7-10-13-16-19-22-25-27-28-29-31-33-36-39-42-45-48-51-58(63)64-54(49-46-43-40-37-34-24-21-18-15-12-9-6-3)52-57(62)59-55(53-60)56(61)50-47-44-41-38-35-32-30-26-23-20-17-14-11-8-5-2/h9,12,18,21,29,31,54-56,60-61H,4-8,10-11,13-17,19-20,22-28,30,32-53H2,1-3H3,(H,59,62)/b12-9+,21-18+,31-29+. The van der Waals surface area contributed by atoms with E-state index in [9.17, 15) is 19.8 Å². The molecule has 3 unspecified atom stereocenters. The van der Waals surface area contributed by atoms with Gasteiger partial charge in [-0.2, -0.15) is 0 Å². The molecule has 0 aliphatic carbocycles. The smallest absolute Gasteiger partial charge is 0.306 e. The molecule has 0 saturated carbocycles. The quantitative estimate of drug-likeness (QED) is 0.0321. The van der Waals surface area contributed by atoms with Gasteiger partial charge in [0, 0.05) is 6.42 Å². The van der Waals surface area contributed by atoms with Gasteiger partial charge in [-0.1, -0.05) is 243 Å². The van der Waals surface area contributed by atoms with E-state index >= 15 is 0 Å². The molecule has 3 atom stereocenters. The molecule has 0 spiro atoms. The van der Waals surface area contributed by atoms with Gasteiger partial charge in [0.15, 0.2) is 0 Å². The lowest BCUT2D eigenvalue weighted by molar-refractivity contribution is -0.151. The Morgan fingerprint density at radius 2 is 0.844 bits per heavy atom. The summed E-state index contributed by atoms with van der Waals surface area (Å²) < 4.78 is 5.94. The topological polar surface area (TPSA) is 95.9 Å². The Morgan fingerprint density at radius 1 is 0.469 bits per heavy atom. The number of amides is 1. The molecule has 6 heteroatoms. The average molecular weight is 901 g/mol. The Labute approximate surface area is 398 Å². The predicted octanol–water partition coefficient (Wildman–Crippen LogP) is 17.2. The lowest BCUT2D eigenvalue weighted by Gasteiger charge is -2.24. The van der Waals surface area contributed by atoms with Crippen molar-refractivity contribution < 1.29 is 24.5 Å². The van der Waals surface area contributed by atoms with Crippen molar-refractivity contribution in [2.75, 3.05) is 6.61 Å². The normalized spacial score (nSPS) is 13.4. The summed E-state index contributed by atoms with van der Waals surface area (Å²) in [4.78, 5) is 26.2. The van der Waals surface area contributed by atoms with Gasteiger partial charge in [0.05, 0.1) is 25.2 Å². The summed E-state index contributed by atoms with van der Waals surface area (Å²) in [5.74, 6) is -0.486. The molecular weight excluding hydrogens is 791 g/mol. The van der Waals surface area contributed by atoms with Crippen LogP contribution in [0.3, 0.4) is 0 Å². The number of hydrogen-bond donors (Lipinski definition) is 3. The lowest BCUT2D eigenvalue weighted by atomic mass is 10.0. The van der Waals surface area contributed by atoms with Crippen LogP contribution in [0.15, 0.2) is 36.5 Å². The maximum Gasteiger partial charge on any atom is 0.306 e. The molecule has 1 amide bonds. The van der Waals surface area contributed by atoms with Crippen LogP contribution < -0.4 is 5.32 Å². The maximum absolute atomic E-state index is 13.2. The van der Waals surface area contributed by atoms with Gasteiger partial charge in [0.25, 0.3) is 0 Å². The number of esters is 1. The van der Waals surface area contributed by atoms with Crippen LogP contribution in [0.2, 0.25) is 0 Å². The number of carbonyl (C=O) groups is 2. The Balaban J connectivity index is 4.50. The molecule has 0 aromatic carbocycles. The molecule has 0 aliphatic rings. The average Bonchev–Trinajstić information content (AvgIpc) is 3.29. The van der Waals surface area contributed by atoms with Crippen LogP contribution in [0.1, 0.15) is 297 Å². The fraction of sp³-hybridized carbons (Fsp3) is 0.862. The van der Waals surface area contributed by atoms with Crippen LogP contribution in [0.4, 0.5) is 0 Å². The predicted molar refractivity (Wildman–Crippen MR) is 278 cm³/mol. The van der Waals surface area contributed by atoms with Crippen molar-refractivity contribution in [3.63, 3.8) is 0 Å². The van der Waals surface area contributed by atoms with Gasteiger partial charge in [-0.25, -0.2) is 0 Å². The molecule has 0 rings (SSSR count). The monoisotopic (exact) mass is 900 g/mol. The van der Waals surface area contributed by atoms with E-state index in [1.165, 1.54) is 173 Å². The highest BCUT2D eigenvalue weighted by molar-refractivity contribution is 5.77. The highest BCUT2D eigenvalue weighted by Crippen LogP contribution is 2.18. The summed E-state index contributed by atoms with van der Waals surface area (Å²) in [5.41, 5.74) is 0. The van der Waals surface area contributed by atoms with Gasteiger partial charge in [-0.15, -0.1) is 0 Å². The van der Waals surface area contributed by atoms with Crippen molar-refractivity contribution >= 4 is 11.9 Å². The number of carbonyl (C=O) groups excluding carboxylic acids is 2. The Hall–Kier alpha value is -1.92. The number of nitrogens with one attached hydrogen (secondary N) is 1. The van der Waals surface area contributed by atoms with Gasteiger partial charge in [0.1, 0.15) is 6.10 Å². The summed E-state index contributed by atoms with van der Waals surface area (Å²) >= 11 is 0. The van der Waals surface area contributed by atoms with Gasteiger partial charge in [-0.3, -0.25) is 9.59 Å². The zero-order valence-electron chi connectivity index (χ0n) is 42.9. The highest BCUT2D eigenvalue weighted by Gasteiger charge is 2.24. The zero-order chi connectivity index (χ0) is 46.7. The van der Waals surface area contributed by atoms with Gasteiger partial charge < -0.3 is 20.3 Å². The highest BCUT2D eigenvalue weighted by atomic mass is 16.5. The maximum atomic E-state index is 13.2. The van der Waals surface area contributed by atoms with E-state index in [0.717, 1.165) is 77.0 Å². The number of rotatable bonds is 51. The number of hydrogen-bond acceptors (Lipinski definition) is 5. The minimum atomic E-state index is -0.792. The van der Waals surface area contributed by atoms with E-state index in [0.29, 0.717) is 19.3 Å². The molecule has 64 heavy (non-hydrogen) atoms. The van der Waals surface area contributed by atoms with Gasteiger partial charge >= 0.3 is 5.97 Å². The van der Waals surface area contributed by atoms with Crippen LogP contribution >= 0.6 is 0 Å². The third-order valence-electron chi connectivity index (χ3n) is 13.0. The molecule has 0 heterocycles. The number of allylic oxidation sites excluding steroid dienone is 6. The van der Waals surface area contributed by atoms with Crippen LogP contribution in [0.5, 0.6) is 0 Å². The fourth-order valence-electron chi connectivity index (χ4n) is 8.70. The molecule has 0 radical (unpaired) electrons. The summed E-state index contributed by atoms with van der Waals surface area (Å²) in [6.45, 7) is 6.40. The second-order valence-electron chi connectivity index (χ2n) is 19.3. The zero-order valence-corrected chi connectivity index (χ0v) is 42.9. The van der Waals surface area contributed by atoms with Crippen molar-refractivity contribution in [2.24, 2.45) is 0 Å². The van der Waals surface area contributed by atoms with Crippen molar-refractivity contribution in [2.45, 2.75) is 315 Å². The van der Waals surface area contributed by atoms with E-state index in [1.54, 1.807) is 0 Å². The SMILES string of the molecule is CC/C=C/C/C=C/CCCCCCCC(CC(=O)NC(CO)C(O)CCCCCCCCCCCCCCCCC)OC(=O)CCCCCCC/C=C/CCCCCCCCCCC. The Bertz CT molecular complexity index is 1060. The van der Waals surface area contributed by atoms with E-state index in [1.807, 2.05) is 0 Å². The Morgan fingerprint density at radius 3 is 1.28 bits per heavy atom. The van der Waals surface area contributed by atoms with E-state index in [2.05, 4.69) is 62.5 Å². The van der Waals surface area contributed by atoms with Crippen LogP contribution in [-0.4, -0.2) is 46.9 Å². The molecule has 0 aromatic heterocycles. The molecule has 0 bridgehead atoms. The molecular formula is C58H109NO5. The third kappa shape index (κ3) is 46.6. The van der Waals surface area contributed by atoms with Crippen molar-refractivity contribution in [1.29, 1.82) is 0 Å². The van der Waals surface area contributed by atoms with Crippen molar-refractivity contribution in [3.8, 4) is 0 Å². The molecule has 3 N–H and O–H groups in total. The summed E-state index contributed by atoms with van der Waals surface area (Å²) in [5, 5.41) is 23.8. The van der Waals surface area contributed by atoms with E-state index in [-0.39, 0.29) is 24.9 Å². The lowest BCUT2D eigenvalue weighted by Crippen LogP contribution is -2.46. The first-order valence-corrected chi connectivity index (χ1v) is 28.2. The first-order valence-electron chi connectivity index (χ1n) is 28.2. The summed E-state index contributed by atoms with van der Waals surface area (Å²) in [6.07, 6.45) is 62.1. The molecule has 0 aliphatic heterocycles.